The lowest BCUT2D eigenvalue weighted by Crippen LogP contribution is -2.49. The van der Waals surface area contributed by atoms with E-state index in [4.69, 9.17) is 14.7 Å². The molecule has 1 atom stereocenters. The first kappa shape index (κ1) is 20.7. The van der Waals surface area contributed by atoms with Gasteiger partial charge in [-0.05, 0) is 49.8 Å². The van der Waals surface area contributed by atoms with E-state index < -0.39 is 0 Å². The minimum atomic E-state index is -0.124. The molecule has 3 aromatic rings. The smallest absolute Gasteiger partial charge is 0.227 e. The molecule has 3 aliphatic heterocycles. The summed E-state index contributed by atoms with van der Waals surface area (Å²) in [6.45, 7) is 4.86. The van der Waals surface area contributed by atoms with Crippen molar-refractivity contribution in [2.24, 2.45) is 5.92 Å². The summed E-state index contributed by atoms with van der Waals surface area (Å²) in [5, 5.41) is 0. The highest BCUT2D eigenvalue weighted by atomic mass is 16.5. The number of amides is 1. The van der Waals surface area contributed by atoms with Crippen molar-refractivity contribution >= 4 is 22.9 Å². The Kier molecular flexibility index (Phi) is 5.29. The van der Waals surface area contributed by atoms with E-state index in [0.29, 0.717) is 19.1 Å². The number of aromatic amines is 1. The number of hydrogen-bond acceptors (Lipinski definition) is 5. The van der Waals surface area contributed by atoms with Gasteiger partial charge in [-0.3, -0.25) is 4.79 Å². The van der Waals surface area contributed by atoms with Crippen LogP contribution in [0.3, 0.4) is 0 Å². The maximum atomic E-state index is 12.9. The van der Waals surface area contributed by atoms with E-state index in [0.717, 1.165) is 81.1 Å². The Morgan fingerprint density at radius 1 is 1.03 bits per heavy atom. The number of benzene rings is 1. The monoisotopic (exact) mass is 445 g/mol. The zero-order valence-electron chi connectivity index (χ0n) is 19.0. The van der Waals surface area contributed by atoms with Crippen LogP contribution in [0.15, 0.2) is 42.5 Å². The molecule has 0 aliphatic carbocycles. The number of nitrogens with one attached hydrogen (secondary N) is 1. The van der Waals surface area contributed by atoms with Gasteiger partial charge < -0.3 is 19.5 Å². The topological polar surface area (TPSA) is 74.3 Å². The molecule has 3 aliphatic rings. The van der Waals surface area contributed by atoms with Gasteiger partial charge in [0.2, 0.25) is 5.91 Å². The van der Waals surface area contributed by atoms with Crippen LogP contribution in [0.1, 0.15) is 37.1 Å². The standard InChI is InChI=1S/C26H31N5O2/c32-24(30-12-4-5-13-30)20-9-6-14-31(16-20)22-11-10-21-23(28-22)29-25(27-21)26(17-33-18-26)15-19-7-2-1-3-8-19/h1-3,7-8,10-11,20H,4-6,9,12-18H2,(H,27,28,29). The van der Waals surface area contributed by atoms with Crippen LogP contribution >= 0.6 is 0 Å². The number of anilines is 1. The highest BCUT2D eigenvalue weighted by molar-refractivity contribution is 5.80. The molecule has 5 heterocycles. The summed E-state index contributed by atoms with van der Waals surface area (Å²) in [4.78, 5) is 30.6. The molecule has 2 aromatic heterocycles. The van der Waals surface area contributed by atoms with Crippen LogP contribution in [0.25, 0.3) is 11.2 Å². The molecule has 0 radical (unpaired) electrons. The molecule has 1 unspecified atom stereocenters. The highest BCUT2D eigenvalue weighted by Gasteiger charge is 2.43. The fraction of sp³-hybridized carbons (Fsp3) is 0.500. The van der Waals surface area contributed by atoms with Gasteiger partial charge in [-0.2, -0.15) is 0 Å². The molecule has 6 rings (SSSR count). The van der Waals surface area contributed by atoms with E-state index in [1.165, 1.54) is 5.56 Å². The van der Waals surface area contributed by atoms with Crippen molar-refractivity contribution in [3.8, 4) is 0 Å². The summed E-state index contributed by atoms with van der Waals surface area (Å²) in [6.07, 6.45) is 5.17. The molecule has 1 aromatic carbocycles. The number of likely N-dealkylation sites (tertiary alicyclic amines) is 1. The van der Waals surface area contributed by atoms with Crippen molar-refractivity contribution in [3.05, 3.63) is 53.9 Å². The lowest BCUT2D eigenvalue weighted by atomic mass is 9.79. The Bertz CT molecular complexity index is 1130. The second kappa shape index (κ2) is 8.45. The van der Waals surface area contributed by atoms with Gasteiger partial charge in [0.25, 0.3) is 0 Å². The number of imidazole rings is 1. The molecule has 7 nitrogen and oxygen atoms in total. The van der Waals surface area contributed by atoms with Gasteiger partial charge in [0.15, 0.2) is 5.65 Å². The van der Waals surface area contributed by atoms with Crippen molar-refractivity contribution in [2.75, 3.05) is 44.3 Å². The summed E-state index contributed by atoms with van der Waals surface area (Å²) in [7, 11) is 0. The number of piperidine rings is 1. The Balaban J connectivity index is 1.22. The molecule has 0 saturated carbocycles. The molecular formula is C26H31N5O2. The van der Waals surface area contributed by atoms with E-state index in [1.807, 2.05) is 6.07 Å². The number of ether oxygens (including phenoxy) is 1. The first-order valence-electron chi connectivity index (χ1n) is 12.2. The molecule has 172 valence electrons. The Labute approximate surface area is 194 Å². The van der Waals surface area contributed by atoms with Gasteiger partial charge in [-0.1, -0.05) is 30.3 Å². The second-order valence-corrected chi connectivity index (χ2v) is 9.88. The van der Waals surface area contributed by atoms with Crippen LogP contribution in [0, 0.1) is 5.92 Å². The third kappa shape index (κ3) is 3.88. The normalized spacial score (nSPS) is 22.5. The third-order valence-corrected chi connectivity index (χ3v) is 7.49. The zero-order chi connectivity index (χ0) is 22.3. The molecule has 0 spiro atoms. The largest absolute Gasteiger partial charge is 0.379 e. The maximum absolute atomic E-state index is 12.9. The molecule has 3 fully saturated rings. The number of fused-ring (bicyclic) bond motifs is 1. The van der Waals surface area contributed by atoms with Crippen LogP contribution in [0.4, 0.5) is 5.82 Å². The summed E-state index contributed by atoms with van der Waals surface area (Å²) >= 11 is 0. The van der Waals surface area contributed by atoms with E-state index in [2.05, 4.69) is 51.2 Å². The van der Waals surface area contributed by atoms with Crippen molar-refractivity contribution < 1.29 is 9.53 Å². The average molecular weight is 446 g/mol. The quantitative estimate of drug-likeness (QED) is 0.652. The fourth-order valence-electron chi connectivity index (χ4n) is 5.55. The number of rotatable bonds is 5. The number of nitrogens with zero attached hydrogens (tertiary/aromatic N) is 4. The molecule has 0 bridgehead atoms. The number of carbonyl (C=O) groups is 1. The number of hydrogen-bond donors (Lipinski definition) is 1. The van der Waals surface area contributed by atoms with Crippen LogP contribution in [-0.2, 0) is 21.4 Å². The van der Waals surface area contributed by atoms with Gasteiger partial charge in [-0.15, -0.1) is 0 Å². The molecule has 1 N–H and O–H groups in total. The van der Waals surface area contributed by atoms with Gasteiger partial charge in [-0.25, -0.2) is 9.97 Å². The summed E-state index contributed by atoms with van der Waals surface area (Å²) in [5.41, 5.74) is 2.86. The summed E-state index contributed by atoms with van der Waals surface area (Å²) in [5.74, 6) is 2.28. The predicted molar refractivity (Wildman–Crippen MR) is 127 cm³/mol. The molecule has 1 amide bonds. The average Bonchev–Trinajstić information content (AvgIpc) is 3.51. The van der Waals surface area contributed by atoms with Crippen LogP contribution in [0.5, 0.6) is 0 Å². The van der Waals surface area contributed by atoms with E-state index >= 15 is 0 Å². The predicted octanol–water partition coefficient (Wildman–Crippen LogP) is 3.31. The minimum Gasteiger partial charge on any atom is -0.379 e. The number of pyridine rings is 1. The first-order valence-corrected chi connectivity index (χ1v) is 12.2. The molecule has 33 heavy (non-hydrogen) atoms. The fourth-order valence-corrected chi connectivity index (χ4v) is 5.55. The zero-order valence-corrected chi connectivity index (χ0v) is 19.0. The minimum absolute atomic E-state index is 0.0744. The van der Waals surface area contributed by atoms with Crippen LogP contribution in [0.2, 0.25) is 0 Å². The van der Waals surface area contributed by atoms with Gasteiger partial charge in [0.1, 0.15) is 11.6 Å². The van der Waals surface area contributed by atoms with Crippen molar-refractivity contribution in [3.63, 3.8) is 0 Å². The molecule has 7 heteroatoms. The first-order chi connectivity index (χ1) is 16.2. The Hall–Kier alpha value is -2.93. The van der Waals surface area contributed by atoms with E-state index in [-0.39, 0.29) is 11.3 Å². The molecule has 3 saturated heterocycles. The SMILES string of the molecule is O=C(C1CCCN(c2ccc3[nH]c(C4(Cc5ccccc5)COC4)nc3n2)C1)N1CCCC1. The van der Waals surface area contributed by atoms with Gasteiger partial charge in [0, 0.05) is 26.2 Å². The maximum Gasteiger partial charge on any atom is 0.227 e. The lowest BCUT2D eigenvalue weighted by molar-refractivity contribution is -0.134. The lowest BCUT2D eigenvalue weighted by Gasteiger charge is -2.39. The Morgan fingerprint density at radius 2 is 1.85 bits per heavy atom. The molecular weight excluding hydrogens is 414 g/mol. The van der Waals surface area contributed by atoms with Gasteiger partial charge in [0.05, 0.1) is 30.1 Å². The van der Waals surface area contributed by atoms with Crippen molar-refractivity contribution in [1.82, 2.24) is 19.9 Å². The number of carbonyl (C=O) groups excluding carboxylic acids is 1. The third-order valence-electron chi connectivity index (χ3n) is 7.49. The summed E-state index contributed by atoms with van der Waals surface area (Å²) < 4.78 is 5.63. The van der Waals surface area contributed by atoms with E-state index in [9.17, 15) is 4.79 Å². The number of H-pyrrole nitrogens is 1. The van der Waals surface area contributed by atoms with Gasteiger partial charge >= 0.3 is 0 Å². The van der Waals surface area contributed by atoms with Crippen molar-refractivity contribution in [2.45, 2.75) is 37.5 Å². The highest BCUT2D eigenvalue weighted by Crippen LogP contribution is 2.35. The Morgan fingerprint density at radius 3 is 2.61 bits per heavy atom. The van der Waals surface area contributed by atoms with Crippen LogP contribution in [-0.4, -0.2) is 65.2 Å². The van der Waals surface area contributed by atoms with E-state index in [1.54, 1.807) is 0 Å². The van der Waals surface area contributed by atoms with Crippen molar-refractivity contribution in [1.29, 1.82) is 0 Å². The number of aromatic nitrogens is 3. The second-order valence-electron chi connectivity index (χ2n) is 9.88. The van der Waals surface area contributed by atoms with Crippen LogP contribution < -0.4 is 4.90 Å². The summed E-state index contributed by atoms with van der Waals surface area (Å²) in [6, 6.07) is 14.7.